The summed E-state index contributed by atoms with van der Waals surface area (Å²) < 4.78 is 0. The summed E-state index contributed by atoms with van der Waals surface area (Å²) in [6, 6.07) is 0. The van der Waals surface area contributed by atoms with Gasteiger partial charge in [-0.1, -0.05) is 0 Å². The maximum absolute atomic E-state index is 3.36. The molecule has 0 aromatic rings. The third-order valence-corrected chi connectivity index (χ3v) is 0.295. The lowest BCUT2D eigenvalue weighted by Gasteiger charge is -1.49. The number of hydrogen-bond acceptors (Lipinski definition) is 3. The van der Waals surface area contributed by atoms with Crippen molar-refractivity contribution in [2.24, 2.45) is 5.22 Å². The van der Waals surface area contributed by atoms with Gasteiger partial charge in [0.25, 0.3) is 0 Å². The highest BCUT2D eigenvalue weighted by Crippen LogP contribution is 1.64. The van der Waals surface area contributed by atoms with Crippen molar-refractivity contribution in [3.05, 3.63) is 12.4 Å². The molecule has 0 atom stereocenters. The van der Waals surface area contributed by atoms with Crippen molar-refractivity contribution in [2.45, 2.75) is 0 Å². The molecule has 1 aliphatic rings. The van der Waals surface area contributed by atoms with Crippen molar-refractivity contribution in [3.63, 3.8) is 0 Å². The molecule has 0 saturated heterocycles. The van der Waals surface area contributed by atoms with E-state index in [1.54, 1.807) is 0 Å². The molecule has 5 heavy (non-hydrogen) atoms. The zero-order valence-electron chi connectivity index (χ0n) is 2.47. The minimum Gasteiger partial charge on any atom is -0.135 e. The molecule has 0 saturated carbocycles. The van der Waals surface area contributed by atoms with Crippen LogP contribution in [0.15, 0.2) is 11.4 Å². The van der Waals surface area contributed by atoms with E-state index in [0.29, 0.717) is 0 Å². The Morgan fingerprint density at radius 1 is 2.00 bits per heavy atom. The molecule has 0 unspecified atom stereocenters. The second kappa shape index (κ2) is 0.839. The van der Waals surface area contributed by atoms with Crippen LogP contribution in [0.3, 0.4) is 0 Å². The van der Waals surface area contributed by atoms with Crippen molar-refractivity contribution >= 4 is 0 Å². The quantitative estimate of drug-likeness (QED) is 0.411. The van der Waals surface area contributed by atoms with E-state index in [9.17, 15) is 0 Å². The van der Waals surface area contributed by atoms with Gasteiger partial charge in [-0.15, -0.1) is 5.43 Å². The Morgan fingerprint density at radius 3 is 3.20 bits per heavy atom. The highest BCUT2D eigenvalue weighted by Gasteiger charge is 1.88. The molecule has 3 heteroatoms. The van der Waals surface area contributed by atoms with Crippen LogP contribution in [0.4, 0.5) is 0 Å². The zero-order chi connectivity index (χ0) is 3.54. The molecule has 1 aliphatic heterocycles. The lowest BCUT2D eigenvalue weighted by atomic mass is 11.0. The van der Waals surface area contributed by atoms with E-state index in [1.807, 2.05) is 0 Å². The molecule has 1 rings (SSSR count). The van der Waals surface area contributed by atoms with Crippen LogP contribution >= 0.6 is 0 Å². The smallest absolute Gasteiger partial charge is 0.135 e. The molecule has 1 N–H and O–H groups in total. The third-order valence-electron chi connectivity index (χ3n) is 0.295. The summed E-state index contributed by atoms with van der Waals surface area (Å²) in [5, 5.41) is 6.65. The molecule has 2 radical (unpaired) electrons. The fourth-order valence-corrected chi connectivity index (χ4v) is 0.144. The molecule has 0 bridgehead atoms. The Balaban J connectivity index is 2.61. The Hall–Kier alpha value is -0.860. The highest BCUT2D eigenvalue weighted by molar-refractivity contribution is 4.64. The van der Waals surface area contributed by atoms with Crippen molar-refractivity contribution in [2.75, 3.05) is 0 Å². The molecule has 0 fully saturated rings. The van der Waals surface area contributed by atoms with Crippen LogP contribution in [0.1, 0.15) is 0 Å². The van der Waals surface area contributed by atoms with Crippen LogP contribution in [0, 0.1) is 6.20 Å². The van der Waals surface area contributed by atoms with E-state index >= 15 is 0 Å². The van der Waals surface area contributed by atoms with Gasteiger partial charge in [-0.3, -0.25) is 0 Å². The number of nitrogens with one attached hydrogen (secondary N) is 1. The molecule has 0 aromatic carbocycles. The number of rotatable bonds is 0. The van der Waals surface area contributed by atoms with Crippen LogP contribution < -0.4 is 10.5 Å². The van der Waals surface area contributed by atoms with Crippen molar-refractivity contribution < 1.29 is 0 Å². The van der Waals surface area contributed by atoms with Gasteiger partial charge < -0.3 is 0 Å². The van der Waals surface area contributed by atoms with Gasteiger partial charge >= 0.3 is 0 Å². The summed E-state index contributed by atoms with van der Waals surface area (Å²) >= 11 is 0. The Morgan fingerprint density at radius 2 is 3.00 bits per heavy atom. The summed E-state index contributed by atoms with van der Waals surface area (Å²) in [5.74, 6) is 0. The Labute approximate surface area is 29.4 Å². The molecule has 0 spiro atoms. The molecule has 0 amide bonds. The highest BCUT2D eigenvalue weighted by atomic mass is 15.4. The maximum Gasteiger partial charge on any atom is 0.245 e. The third kappa shape index (κ3) is 0.238. The molecular weight excluding hydrogens is 66.0 g/mol. The molecular formula is C2H2N3+. The van der Waals surface area contributed by atoms with E-state index in [0.717, 1.165) is 0 Å². The zero-order valence-corrected chi connectivity index (χ0v) is 2.47. The van der Waals surface area contributed by atoms with E-state index in [4.69, 9.17) is 0 Å². The van der Waals surface area contributed by atoms with Gasteiger partial charge in [0.2, 0.25) is 12.4 Å². The average molecular weight is 68.1 g/mol. The Bertz CT molecular complexity index is 63.0. The van der Waals surface area contributed by atoms with Gasteiger partial charge in [0, 0.05) is 0 Å². The van der Waals surface area contributed by atoms with Crippen LogP contribution in [-0.4, -0.2) is 0 Å². The lowest BCUT2D eigenvalue weighted by molar-refractivity contribution is 0.869. The maximum atomic E-state index is 3.36. The summed E-state index contributed by atoms with van der Waals surface area (Å²) in [6.07, 6.45) is 3.97. The van der Waals surface area contributed by atoms with E-state index in [2.05, 4.69) is 22.0 Å². The summed E-state index contributed by atoms with van der Waals surface area (Å²) in [5.41, 5.74) is 2.38. The lowest BCUT2D eigenvalue weighted by Crippen LogP contribution is -1.84. The first-order valence-corrected chi connectivity index (χ1v) is 1.22. The molecule has 0 aliphatic carbocycles. The first kappa shape index (κ1) is 2.38. The van der Waals surface area contributed by atoms with Crippen LogP contribution in [0.2, 0.25) is 0 Å². The van der Waals surface area contributed by atoms with E-state index in [1.165, 1.54) is 6.20 Å². The van der Waals surface area contributed by atoms with Crippen LogP contribution in [0.25, 0.3) is 0 Å². The van der Waals surface area contributed by atoms with Gasteiger partial charge in [0.1, 0.15) is 5.22 Å². The summed E-state index contributed by atoms with van der Waals surface area (Å²) in [6.45, 7) is 0. The predicted octanol–water partition coefficient (Wildman–Crippen LogP) is -0.433. The monoisotopic (exact) mass is 68.0 g/mol. The minimum absolute atomic E-state index is 1.46. The second-order valence-corrected chi connectivity index (χ2v) is 0.601. The second-order valence-electron chi connectivity index (χ2n) is 0.601. The predicted molar refractivity (Wildman–Crippen MR) is 15.5 cm³/mol. The van der Waals surface area contributed by atoms with Gasteiger partial charge in [0.05, 0.1) is 5.11 Å². The average Bonchev–Trinajstić information content (AvgIpc) is 1.76. The fraction of sp³-hybridized carbons (Fsp3) is 0. The van der Waals surface area contributed by atoms with Gasteiger partial charge in [0.15, 0.2) is 0 Å². The molecule has 0 aromatic heterocycles. The minimum atomic E-state index is 1.46. The summed E-state index contributed by atoms with van der Waals surface area (Å²) in [4.78, 5) is 0. The van der Waals surface area contributed by atoms with Gasteiger partial charge in [-0.2, -0.15) is 0 Å². The van der Waals surface area contributed by atoms with Crippen molar-refractivity contribution in [1.82, 2.24) is 10.5 Å². The van der Waals surface area contributed by atoms with Gasteiger partial charge in [-0.05, 0) is 0 Å². The SMILES string of the molecule is [C]1=C[N+]=NN1. The fourth-order valence-electron chi connectivity index (χ4n) is 0.144. The standard InChI is InChI=1S/C2H2N3/c1-2-4-5-3-1/h1H,(H,4,5)/q+1. The van der Waals surface area contributed by atoms with Crippen molar-refractivity contribution in [1.29, 1.82) is 0 Å². The number of nitrogens with zero attached hydrogens (tertiary/aromatic N) is 2. The normalized spacial score (nSPS) is 16.0. The van der Waals surface area contributed by atoms with Crippen LogP contribution in [-0.2, 0) is 0 Å². The van der Waals surface area contributed by atoms with Crippen molar-refractivity contribution in [3.8, 4) is 0 Å². The van der Waals surface area contributed by atoms with E-state index in [-0.39, 0.29) is 0 Å². The number of hydrogen-bond donors (Lipinski definition) is 1. The largest absolute Gasteiger partial charge is 0.245 e. The van der Waals surface area contributed by atoms with E-state index < -0.39 is 0 Å². The molecule has 3 nitrogen and oxygen atoms in total. The topological polar surface area (TPSA) is 38.5 Å². The first-order valence-electron chi connectivity index (χ1n) is 1.22. The summed E-state index contributed by atoms with van der Waals surface area (Å²) in [7, 11) is 0. The van der Waals surface area contributed by atoms with Gasteiger partial charge in [-0.25, -0.2) is 0 Å². The molecule has 24 valence electrons. The Kier molecular flexibility index (Phi) is 0.400. The first-order chi connectivity index (χ1) is 2.50. The van der Waals surface area contributed by atoms with Crippen LogP contribution in [0.5, 0.6) is 0 Å². The molecule has 1 heterocycles.